The highest BCUT2D eigenvalue weighted by molar-refractivity contribution is 5.46. The minimum Gasteiger partial charge on any atom is -0.493 e. The van der Waals surface area contributed by atoms with Crippen molar-refractivity contribution in [2.45, 2.75) is 25.8 Å². The van der Waals surface area contributed by atoms with Crippen LogP contribution in [0.15, 0.2) is 12.1 Å². The lowest BCUT2D eigenvalue weighted by Crippen LogP contribution is -2.26. The van der Waals surface area contributed by atoms with Gasteiger partial charge in [0.15, 0.2) is 11.6 Å². The maximum Gasteiger partial charge on any atom is 0.200 e. The van der Waals surface area contributed by atoms with Crippen LogP contribution in [0, 0.1) is 17.0 Å². The standard InChI is InChI=1S/C12H15F2NO/c1-11(2)6-12(11,15)7-4-5-8(13)9(14)10(7)16-3/h4-5H,6,15H2,1-3H3. The molecule has 4 heteroatoms. The summed E-state index contributed by atoms with van der Waals surface area (Å²) in [7, 11) is 1.32. The number of methoxy groups -OCH3 is 1. The topological polar surface area (TPSA) is 35.2 Å². The van der Waals surface area contributed by atoms with Crippen molar-refractivity contribution in [3.63, 3.8) is 0 Å². The van der Waals surface area contributed by atoms with Gasteiger partial charge < -0.3 is 10.5 Å². The van der Waals surface area contributed by atoms with E-state index in [0.717, 1.165) is 12.5 Å². The molecule has 0 heterocycles. The molecule has 2 rings (SSSR count). The summed E-state index contributed by atoms with van der Waals surface area (Å²) in [6.45, 7) is 3.99. The maximum absolute atomic E-state index is 13.5. The van der Waals surface area contributed by atoms with E-state index in [1.165, 1.54) is 13.2 Å². The van der Waals surface area contributed by atoms with Gasteiger partial charge in [0.2, 0.25) is 5.82 Å². The molecule has 1 fully saturated rings. The number of nitrogens with two attached hydrogens (primary N) is 1. The van der Waals surface area contributed by atoms with Crippen molar-refractivity contribution < 1.29 is 13.5 Å². The molecule has 1 aromatic rings. The molecule has 16 heavy (non-hydrogen) atoms. The molecule has 1 saturated carbocycles. The summed E-state index contributed by atoms with van der Waals surface area (Å²) < 4.78 is 31.5. The first-order valence-electron chi connectivity index (χ1n) is 5.15. The van der Waals surface area contributed by atoms with Crippen molar-refractivity contribution in [3.05, 3.63) is 29.3 Å². The van der Waals surface area contributed by atoms with Crippen LogP contribution in [-0.2, 0) is 5.54 Å². The Morgan fingerprint density at radius 1 is 1.31 bits per heavy atom. The fraction of sp³-hybridized carbons (Fsp3) is 0.500. The van der Waals surface area contributed by atoms with Crippen LogP contribution in [0.4, 0.5) is 8.78 Å². The quantitative estimate of drug-likeness (QED) is 0.842. The van der Waals surface area contributed by atoms with Crippen LogP contribution < -0.4 is 10.5 Å². The second-order valence-corrected chi connectivity index (χ2v) is 4.97. The van der Waals surface area contributed by atoms with E-state index >= 15 is 0 Å². The van der Waals surface area contributed by atoms with Crippen molar-refractivity contribution in [2.24, 2.45) is 11.1 Å². The zero-order chi connectivity index (χ0) is 12.1. The van der Waals surface area contributed by atoms with Gasteiger partial charge in [-0.1, -0.05) is 19.9 Å². The molecule has 0 radical (unpaired) electrons. The Morgan fingerprint density at radius 2 is 1.88 bits per heavy atom. The Morgan fingerprint density at radius 3 is 2.31 bits per heavy atom. The molecule has 1 atom stereocenters. The van der Waals surface area contributed by atoms with E-state index in [2.05, 4.69) is 0 Å². The van der Waals surface area contributed by atoms with Crippen LogP contribution in [0.25, 0.3) is 0 Å². The van der Waals surface area contributed by atoms with Gasteiger partial charge in [0.1, 0.15) is 0 Å². The highest BCUT2D eigenvalue weighted by Crippen LogP contribution is 2.62. The van der Waals surface area contributed by atoms with E-state index in [-0.39, 0.29) is 11.2 Å². The molecule has 0 amide bonds. The van der Waals surface area contributed by atoms with Crippen molar-refractivity contribution in [1.82, 2.24) is 0 Å². The average molecular weight is 227 g/mol. The molecular weight excluding hydrogens is 212 g/mol. The Bertz CT molecular complexity index is 445. The van der Waals surface area contributed by atoms with Crippen LogP contribution in [0.2, 0.25) is 0 Å². The summed E-state index contributed by atoms with van der Waals surface area (Å²) in [6.07, 6.45) is 0.738. The molecule has 1 aliphatic carbocycles. The second kappa shape index (κ2) is 3.17. The molecule has 0 bridgehead atoms. The highest BCUT2D eigenvalue weighted by Gasteiger charge is 2.60. The van der Waals surface area contributed by atoms with Gasteiger partial charge in [-0.2, -0.15) is 4.39 Å². The fourth-order valence-corrected chi connectivity index (χ4v) is 2.20. The number of hydrogen-bond acceptors (Lipinski definition) is 2. The highest BCUT2D eigenvalue weighted by atomic mass is 19.2. The summed E-state index contributed by atoms with van der Waals surface area (Å²) in [6, 6.07) is 2.60. The van der Waals surface area contributed by atoms with E-state index in [0.29, 0.717) is 5.56 Å². The zero-order valence-electron chi connectivity index (χ0n) is 9.60. The first kappa shape index (κ1) is 11.3. The zero-order valence-corrected chi connectivity index (χ0v) is 9.60. The van der Waals surface area contributed by atoms with Gasteiger partial charge in [-0.25, -0.2) is 4.39 Å². The van der Waals surface area contributed by atoms with Crippen LogP contribution in [0.5, 0.6) is 5.75 Å². The normalized spacial score (nSPS) is 26.6. The third-order valence-corrected chi connectivity index (χ3v) is 3.54. The monoisotopic (exact) mass is 227 g/mol. The van der Waals surface area contributed by atoms with E-state index in [4.69, 9.17) is 10.5 Å². The first-order valence-corrected chi connectivity index (χ1v) is 5.15. The number of ether oxygens (including phenoxy) is 1. The molecule has 2 nitrogen and oxygen atoms in total. The lowest BCUT2D eigenvalue weighted by Gasteiger charge is -2.19. The Kier molecular flexibility index (Phi) is 2.24. The number of benzene rings is 1. The predicted octanol–water partition coefficient (Wildman–Crippen LogP) is 2.56. The molecule has 0 spiro atoms. The molecule has 0 saturated heterocycles. The summed E-state index contributed by atoms with van der Waals surface area (Å²) in [5.74, 6) is -1.96. The van der Waals surface area contributed by atoms with Gasteiger partial charge in [-0.05, 0) is 17.9 Å². The lowest BCUT2D eigenvalue weighted by atomic mass is 9.96. The van der Waals surface area contributed by atoms with Gasteiger partial charge >= 0.3 is 0 Å². The third kappa shape index (κ3) is 1.33. The smallest absolute Gasteiger partial charge is 0.200 e. The Labute approximate surface area is 93.4 Å². The fourth-order valence-electron chi connectivity index (χ4n) is 2.20. The average Bonchev–Trinajstić information content (AvgIpc) is 2.71. The van der Waals surface area contributed by atoms with E-state index in [1.807, 2.05) is 13.8 Å². The van der Waals surface area contributed by atoms with Gasteiger partial charge in [0, 0.05) is 5.56 Å². The molecule has 1 unspecified atom stereocenters. The van der Waals surface area contributed by atoms with E-state index in [1.54, 1.807) is 0 Å². The van der Waals surface area contributed by atoms with Gasteiger partial charge in [0.05, 0.1) is 12.6 Å². The van der Waals surface area contributed by atoms with Gasteiger partial charge in [-0.15, -0.1) is 0 Å². The molecular formula is C12H15F2NO. The van der Waals surface area contributed by atoms with E-state index in [9.17, 15) is 8.78 Å². The van der Waals surface area contributed by atoms with Crippen LogP contribution in [0.1, 0.15) is 25.8 Å². The molecule has 88 valence electrons. The van der Waals surface area contributed by atoms with E-state index < -0.39 is 17.2 Å². The molecule has 2 N–H and O–H groups in total. The van der Waals surface area contributed by atoms with Crippen LogP contribution >= 0.6 is 0 Å². The summed E-state index contributed by atoms with van der Waals surface area (Å²) in [5, 5.41) is 0. The second-order valence-electron chi connectivity index (χ2n) is 4.97. The van der Waals surface area contributed by atoms with Crippen LogP contribution in [-0.4, -0.2) is 7.11 Å². The molecule has 1 aromatic carbocycles. The summed E-state index contributed by atoms with van der Waals surface area (Å²) in [4.78, 5) is 0. The SMILES string of the molecule is COc1c(C2(N)CC2(C)C)ccc(F)c1F. The summed E-state index contributed by atoms with van der Waals surface area (Å²) in [5.41, 5.74) is 5.99. The van der Waals surface area contributed by atoms with Crippen molar-refractivity contribution in [3.8, 4) is 5.75 Å². The largest absolute Gasteiger partial charge is 0.493 e. The molecule has 0 aromatic heterocycles. The van der Waals surface area contributed by atoms with Crippen molar-refractivity contribution in [1.29, 1.82) is 0 Å². The number of hydrogen-bond donors (Lipinski definition) is 1. The minimum atomic E-state index is -0.965. The van der Waals surface area contributed by atoms with Gasteiger partial charge in [-0.3, -0.25) is 0 Å². The summed E-state index contributed by atoms with van der Waals surface area (Å²) >= 11 is 0. The van der Waals surface area contributed by atoms with Crippen molar-refractivity contribution in [2.75, 3.05) is 7.11 Å². The van der Waals surface area contributed by atoms with Gasteiger partial charge in [0.25, 0.3) is 0 Å². The minimum absolute atomic E-state index is 0.0759. The van der Waals surface area contributed by atoms with Crippen molar-refractivity contribution >= 4 is 0 Å². The maximum atomic E-state index is 13.5. The van der Waals surface area contributed by atoms with Crippen LogP contribution in [0.3, 0.4) is 0 Å². The Hall–Kier alpha value is -1.16. The number of rotatable bonds is 2. The first-order chi connectivity index (χ1) is 7.33. The molecule has 0 aliphatic heterocycles. The Balaban J connectivity index is 2.55. The lowest BCUT2D eigenvalue weighted by molar-refractivity contribution is 0.356. The third-order valence-electron chi connectivity index (χ3n) is 3.54. The number of halogens is 2. The molecule has 1 aliphatic rings. The predicted molar refractivity (Wildman–Crippen MR) is 57.2 cm³/mol.